The van der Waals surface area contributed by atoms with Crippen LogP contribution in [0.2, 0.25) is 0 Å². The maximum absolute atomic E-state index is 12.5. The molecule has 0 N–H and O–H groups in total. The number of nitrogens with zero attached hydrogens (tertiary/aromatic N) is 3. The molecule has 3 saturated heterocycles. The number of hydrogen-bond donors (Lipinski definition) is 0. The molecular weight excluding hydrogens is 318 g/mol. The van der Waals surface area contributed by atoms with Gasteiger partial charge < -0.3 is 18.9 Å². The monoisotopic (exact) mass is 347 g/mol. The van der Waals surface area contributed by atoms with Crippen molar-refractivity contribution in [2.75, 3.05) is 32.9 Å². The summed E-state index contributed by atoms with van der Waals surface area (Å²) < 4.78 is 13.5. The van der Waals surface area contributed by atoms with E-state index in [1.165, 1.54) is 11.5 Å². The predicted molar refractivity (Wildman–Crippen MR) is 93.6 cm³/mol. The lowest BCUT2D eigenvalue weighted by atomic mass is 9.97. The summed E-state index contributed by atoms with van der Waals surface area (Å²) in [6.45, 7) is 6.22. The van der Waals surface area contributed by atoms with Crippen LogP contribution in [-0.4, -0.2) is 59.4 Å². The summed E-state index contributed by atoms with van der Waals surface area (Å²) in [7, 11) is 0. The molecule has 1 amide bonds. The maximum atomic E-state index is 12.5. The topological polar surface area (TPSA) is 56.6 Å². The Kier molecular flexibility index (Phi) is 5.08. The van der Waals surface area contributed by atoms with Crippen LogP contribution in [0.1, 0.15) is 62.0 Å². The lowest BCUT2D eigenvalue weighted by molar-refractivity contribution is -0.142. The van der Waals surface area contributed by atoms with E-state index in [-0.39, 0.29) is 12.0 Å². The van der Waals surface area contributed by atoms with Crippen LogP contribution >= 0.6 is 0 Å². The summed E-state index contributed by atoms with van der Waals surface area (Å²) in [4.78, 5) is 19.3. The molecule has 25 heavy (non-hydrogen) atoms. The largest absolute Gasteiger partial charge is 0.381 e. The number of aromatic nitrogens is 2. The molecule has 1 atom stereocenters. The van der Waals surface area contributed by atoms with Crippen LogP contribution in [0.25, 0.3) is 0 Å². The molecule has 1 unspecified atom stereocenters. The van der Waals surface area contributed by atoms with Crippen molar-refractivity contribution in [3.8, 4) is 0 Å². The molecule has 3 aliphatic rings. The van der Waals surface area contributed by atoms with E-state index in [9.17, 15) is 4.79 Å². The van der Waals surface area contributed by atoms with Crippen LogP contribution in [0.4, 0.5) is 0 Å². The van der Waals surface area contributed by atoms with E-state index in [1.807, 2.05) is 11.1 Å². The molecule has 1 aromatic heterocycles. The van der Waals surface area contributed by atoms with Crippen molar-refractivity contribution in [3.05, 3.63) is 17.7 Å². The van der Waals surface area contributed by atoms with Gasteiger partial charge in [-0.3, -0.25) is 4.79 Å². The number of rotatable bonds is 3. The molecule has 4 rings (SSSR count). The van der Waals surface area contributed by atoms with Crippen LogP contribution in [0, 0.1) is 6.92 Å². The summed E-state index contributed by atoms with van der Waals surface area (Å²) >= 11 is 0. The Morgan fingerprint density at radius 2 is 1.88 bits per heavy atom. The fourth-order valence-corrected chi connectivity index (χ4v) is 4.52. The summed E-state index contributed by atoms with van der Waals surface area (Å²) in [5.74, 6) is 1.93. The molecule has 3 aliphatic heterocycles. The highest BCUT2D eigenvalue weighted by Crippen LogP contribution is 2.33. The van der Waals surface area contributed by atoms with E-state index in [1.54, 1.807) is 0 Å². The van der Waals surface area contributed by atoms with Crippen molar-refractivity contribution in [3.63, 3.8) is 0 Å². The van der Waals surface area contributed by atoms with Gasteiger partial charge in [0.05, 0.1) is 0 Å². The minimum atomic E-state index is -0.190. The lowest BCUT2D eigenvalue weighted by Gasteiger charge is -2.36. The molecular formula is C19H29N3O3. The van der Waals surface area contributed by atoms with Crippen LogP contribution in [0.3, 0.4) is 0 Å². The smallest absolute Gasteiger partial charge is 0.251 e. The number of aryl methyl sites for hydroxylation is 1. The fraction of sp³-hybridized carbons (Fsp3) is 0.789. The van der Waals surface area contributed by atoms with E-state index >= 15 is 0 Å². The first-order chi connectivity index (χ1) is 12.2. The second-order valence-electron chi connectivity index (χ2n) is 7.57. The van der Waals surface area contributed by atoms with Crippen molar-refractivity contribution in [2.45, 2.75) is 63.5 Å². The molecule has 138 valence electrons. The fourth-order valence-electron chi connectivity index (χ4n) is 4.52. The SMILES string of the molecule is Cc1cnc(C2CCOCC2)n1C1CCN(C(=O)C2CCCO2)CC1. The van der Waals surface area contributed by atoms with Crippen molar-refractivity contribution in [2.24, 2.45) is 0 Å². The number of ether oxygens (including phenoxy) is 2. The van der Waals surface area contributed by atoms with E-state index < -0.39 is 0 Å². The zero-order chi connectivity index (χ0) is 17.2. The molecule has 0 aliphatic carbocycles. The van der Waals surface area contributed by atoms with Gasteiger partial charge >= 0.3 is 0 Å². The highest BCUT2D eigenvalue weighted by atomic mass is 16.5. The highest BCUT2D eigenvalue weighted by molar-refractivity contribution is 5.81. The molecule has 0 radical (unpaired) electrons. The Hall–Kier alpha value is -1.40. The van der Waals surface area contributed by atoms with E-state index in [4.69, 9.17) is 14.5 Å². The minimum Gasteiger partial charge on any atom is -0.381 e. The maximum Gasteiger partial charge on any atom is 0.251 e. The normalized spacial score (nSPS) is 26.3. The van der Waals surface area contributed by atoms with Gasteiger partial charge in [-0.25, -0.2) is 4.98 Å². The Balaban J connectivity index is 1.42. The van der Waals surface area contributed by atoms with Crippen LogP contribution in [0.5, 0.6) is 0 Å². The van der Waals surface area contributed by atoms with Gasteiger partial charge in [0.1, 0.15) is 11.9 Å². The second kappa shape index (κ2) is 7.46. The number of carbonyl (C=O) groups excluding carboxylic acids is 1. The Labute approximate surface area is 149 Å². The quantitative estimate of drug-likeness (QED) is 0.843. The first-order valence-corrected chi connectivity index (χ1v) is 9.76. The third-order valence-corrected chi connectivity index (χ3v) is 5.94. The summed E-state index contributed by atoms with van der Waals surface area (Å²) in [6, 6.07) is 0.453. The van der Waals surface area contributed by atoms with Gasteiger partial charge in [-0.15, -0.1) is 0 Å². The van der Waals surface area contributed by atoms with Gasteiger partial charge in [-0.1, -0.05) is 0 Å². The highest BCUT2D eigenvalue weighted by Gasteiger charge is 2.33. The first kappa shape index (κ1) is 17.0. The number of carbonyl (C=O) groups is 1. The molecule has 6 nitrogen and oxygen atoms in total. The van der Waals surface area contributed by atoms with Gasteiger partial charge in [0.25, 0.3) is 5.91 Å². The predicted octanol–water partition coefficient (Wildman–Crippen LogP) is 2.43. The number of piperidine rings is 1. The van der Waals surface area contributed by atoms with Gasteiger partial charge in [-0.05, 0) is 45.4 Å². The molecule has 0 saturated carbocycles. The Bertz CT molecular complexity index is 595. The second-order valence-corrected chi connectivity index (χ2v) is 7.57. The van der Waals surface area contributed by atoms with Crippen LogP contribution in [0.15, 0.2) is 6.20 Å². The zero-order valence-electron chi connectivity index (χ0n) is 15.2. The molecule has 1 aromatic rings. The summed E-state index contributed by atoms with van der Waals surface area (Å²) in [6.07, 6.45) is 7.85. The average molecular weight is 347 g/mol. The Morgan fingerprint density at radius 3 is 2.56 bits per heavy atom. The third-order valence-electron chi connectivity index (χ3n) is 5.94. The summed E-state index contributed by atoms with van der Waals surface area (Å²) in [5, 5.41) is 0. The summed E-state index contributed by atoms with van der Waals surface area (Å²) in [5.41, 5.74) is 1.24. The van der Waals surface area contributed by atoms with E-state index in [2.05, 4.69) is 11.5 Å². The first-order valence-electron chi connectivity index (χ1n) is 9.76. The van der Waals surface area contributed by atoms with Crippen molar-refractivity contribution in [1.82, 2.24) is 14.5 Å². The number of likely N-dealkylation sites (tertiary alicyclic amines) is 1. The molecule has 3 fully saturated rings. The molecule has 0 aromatic carbocycles. The van der Waals surface area contributed by atoms with Crippen LogP contribution < -0.4 is 0 Å². The number of amides is 1. The Morgan fingerprint density at radius 1 is 1.12 bits per heavy atom. The van der Waals surface area contributed by atoms with Crippen LogP contribution in [-0.2, 0) is 14.3 Å². The van der Waals surface area contributed by atoms with Gasteiger partial charge in [0.2, 0.25) is 0 Å². The third kappa shape index (κ3) is 3.47. The van der Waals surface area contributed by atoms with E-state index in [0.29, 0.717) is 12.0 Å². The van der Waals surface area contributed by atoms with Gasteiger partial charge in [0.15, 0.2) is 0 Å². The average Bonchev–Trinajstić information content (AvgIpc) is 3.32. The van der Waals surface area contributed by atoms with Crippen molar-refractivity contribution >= 4 is 5.91 Å². The number of imidazole rings is 1. The van der Waals surface area contributed by atoms with E-state index in [0.717, 1.165) is 71.4 Å². The molecule has 4 heterocycles. The van der Waals surface area contributed by atoms with Crippen molar-refractivity contribution < 1.29 is 14.3 Å². The van der Waals surface area contributed by atoms with Gasteiger partial charge in [-0.2, -0.15) is 0 Å². The van der Waals surface area contributed by atoms with Crippen molar-refractivity contribution in [1.29, 1.82) is 0 Å². The molecule has 0 bridgehead atoms. The lowest BCUT2D eigenvalue weighted by Crippen LogP contribution is -2.44. The molecule has 6 heteroatoms. The zero-order valence-corrected chi connectivity index (χ0v) is 15.2. The standard InChI is InChI=1S/C19H29N3O3/c1-14-13-20-18(15-6-11-24-12-7-15)22(14)16-4-8-21(9-5-16)19(23)17-3-2-10-25-17/h13,15-17H,2-12H2,1H3. The minimum absolute atomic E-state index is 0.190. The molecule has 0 spiro atoms. The number of hydrogen-bond acceptors (Lipinski definition) is 4. The van der Waals surface area contributed by atoms with Gasteiger partial charge in [0, 0.05) is 56.8 Å².